The van der Waals surface area contributed by atoms with Crippen LogP contribution in [0.5, 0.6) is 11.5 Å². The summed E-state index contributed by atoms with van der Waals surface area (Å²) in [7, 11) is 3.27. The van der Waals surface area contributed by atoms with E-state index in [4.69, 9.17) is 24.6 Å². The van der Waals surface area contributed by atoms with E-state index in [1.54, 1.807) is 25.6 Å². The van der Waals surface area contributed by atoms with Gasteiger partial charge in [0.15, 0.2) is 5.13 Å². The van der Waals surface area contributed by atoms with Crippen LogP contribution in [0, 0.1) is 6.92 Å². The molecule has 0 atom stereocenters. The minimum atomic E-state index is 0.540. The third-order valence-corrected chi connectivity index (χ3v) is 5.64. The first kappa shape index (κ1) is 17.8. The first-order valence-electron chi connectivity index (χ1n) is 8.72. The molecule has 3 aromatic rings. The summed E-state index contributed by atoms with van der Waals surface area (Å²) < 4.78 is 16.7. The zero-order chi connectivity index (χ0) is 19.0. The first-order chi connectivity index (χ1) is 13.1. The highest BCUT2D eigenvalue weighted by Crippen LogP contribution is 2.34. The quantitative estimate of drug-likeness (QED) is 0.720. The second kappa shape index (κ2) is 7.21. The van der Waals surface area contributed by atoms with Crippen LogP contribution in [0.2, 0.25) is 0 Å². The molecule has 0 unspecified atom stereocenters. The van der Waals surface area contributed by atoms with Gasteiger partial charge in [0.1, 0.15) is 17.3 Å². The normalized spacial score (nSPS) is 14.2. The minimum Gasteiger partial charge on any atom is -0.497 e. The molecule has 0 saturated heterocycles. The molecule has 0 radical (unpaired) electrons. The maximum Gasteiger partial charge on any atom is 0.230 e. The molecule has 0 amide bonds. The average Bonchev–Trinajstić information content (AvgIpc) is 3.22. The summed E-state index contributed by atoms with van der Waals surface area (Å²) in [6.07, 6.45) is 0.913. The number of hydrogen-bond acceptors (Lipinski definition) is 8. The lowest BCUT2D eigenvalue weighted by molar-refractivity contribution is 0.243. The number of rotatable bonds is 5. The Morgan fingerprint density at radius 2 is 2.11 bits per heavy atom. The highest BCUT2D eigenvalue weighted by atomic mass is 32.1. The van der Waals surface area contributed by atoms with Crippen LogP contribution in [0.25, 0.3) is 11.5 Å². The predicted octanol–water partition coefficient (Wildman–Crippen LogP) is 3.26. The Balaban J connectivity index is 1.58. The molecule has 0 saturated carbocycles. The Labute approximate surface area is 161 Å². The van der Waals surface area contributed by atoms with Crippen LogP contribution in [0.1, 0.15) is 22.0 Å². The van der Waals surface area contributed by atoms with Crippen molar-refractivity contribution in [3.63, 3.8) is 0 Å². The zero-order valence-electron chi connectivity index (χ0n) is 15.6. The SMILES string of the molecule is COc1ccc(OC)c(-c2nc(CN3CCc4nc(N)sc4C3)c(C)o2)c1. The number of nitrogen functional groups attached to an aromatic ring is 1. The van der Waals surface area contributed by atoms with Crippen molar-refractivity contribution in [1.82, 2.24) is 14.9 Å². The number of anilines is 1. The summed E-state index contributed by atoms with van der Waals surface area (Å²) in [5.41, 5.74) is 8.68. The molecule has 2 N–H and O–H groups in total. The lowest BCUT2D eigenvalue weighted by Crippen LogP contribution is -2.29. The van der Waals surface area contributed by atoms with Gasteiger partial charge in [0, 0.05) is 30.9 Å². The largest absolute Gasteiger partial charge is 0.497 e. The fraction of sp³-hybridized carbons (Fsp3) is 0.368. The number of methoxy groups -OCH3 is 2. The maximum absolute atomic E-state index is 5.95. The molecule has 1 aliphatic rings. The van der Waals surface area contributed by atoms with Gasteiger partial charge in [0.2, 0.25) is 5.89 Å². The van der Waals surface area contributed by atoms with Crippen molar-refractivity contribution in [2.45, 2.75) is 26.4 Å². The third-order valence-electron chi connectivity index (χ3n) is 4.73. The van der Waals surface area contributed by atoms with E-state index in [0.717, 1.165) is 54.5 Å². The van der Waals surface area contributed by atoms with Crippen LogP contribution in [0.15, 0.2) is 22.6 Å². The number of ether oxygens (including phenoxy) is 2. The van der Waals surface area contributed by atoms with E-state index in [0.29, 0.717) is 16.8 Å². The number of benzene rings is 1. The van der Waals surface area contributed by atoms with Crippen molar-refractivity contribution in [3.05, 3.63) is 40.2 Å². The summed E-state index contributed by atoms with van der Waals surface area (Å²) >= 11 is 1.57. The minimum absolute atomic E-state index is 0.540. The van der Waals surface area contributed by atoms with E-state index in [1.807, 2.05) is 25.1 Å². The molecule has 27 heavy (non-hydrogen) atoms. The number of nitrogens with two attached hydrogens (primary N) is 1. The summed E-state index contributed by atoms with van der Waals surface area (Å²) in [5, 5.41) is 0.645. The average molecular weight is 386 g/mol. The molecule has 0 bridgehead atoms. The van der Waals surface area contributed by atoms with Gasteiger partial charge in [0.25, 0.3) is 0 Å². The Bertz CT molecular complexity index is 966. The lowest BCUT2D eigenvalue weighted by atomic mass is 10.1. The number of aromatic nitrogens is 2. The van der Waals surface area contributed by atoms with Gasteiger partial charge >= 0.3 is 0 Å². The van der Waals surface area contributed by atoms with Crippen LogP contribution < -0.4 is 15.2 Å². The first-order valence-corrected chi connectivity index (χ1v) is 9.54. The number of oxazole rings is 1. The summed E-state index contributed by atoms with van der Waals surface area (Å²) in [5.74, 6) is 2.78. The fourth-order valence-corrected chi connectivity index (χ4v) is 4.21. The molecular weight excluding hydrogens is 364 g/mol. The number of aryl methyl sites for hydroxylation is 1. The van der Waals surface area contributed by atoms with Gasteiger partial charge in [-0.05, 0) is 25.1 Å². The third kappa shape index (κ3) is 3.50. The Morgan fingerprint density at radius 3 is 2.89 bits per heavy atom. The molecule has 0 spiro atoms. The smallest absolute Gasteiger partial charge is 0.230 e. The lowest BCUT2D eigenvalue weighted by Gasteiger charge is -2.24. The molecule has 8 heteroatoms. The summed E-state index contributed by atoms with van der Waals surface area (Å²) in [4.78, 5) is 12.7. The monoisotopic (exact) mass is 386 g/mol. The number of hydrogen-bond donors (Lipinski definition) is 1. The van der Waals surface area contributed by atoms with Crippen LogP contribution in [0.4, 0.5) is 5.13 Å². The number of thiazole rings is 1. The summed E-state index contributed by atoms with van der Waals surface area (Å²) in [6, 6.07) is 5.58. The molecule has 3 heterocycles. The molecule has 4 rings (SSSR count). The topological polar surface area (TPSA) is 86.6 Å². The zero-order valence-corrected chi connectivity index (χ0v) is 16.4. The molecular formula is C19H22N4O3S. The Kier molecular flexibility index (Phi) is 4.75. The van der Waals surface area contributed by atoms with E-state index in [9.17, 15) is 0 Å². The van der Waals surface area contributed by atoms with E-state index in [2.05, 4.69) is 9.88 Å². The van der Waals surface area contributed by atoms with E-state index < -0.39 is 0 Å². The van der Waals surface area contributed by atoms with Crippen molar-refractivity contribution in [3.8, 4) is 23.0 Å². The van der Waals surface area contributed by atoms with Crippen molar-refractivity contribution in [2.75, 3.05) is 26.5 Å². The Hall–Kier alpha value is -2.58. The van der Waals surface area contributed by atoms with Gasteiger partial charge < -0.3 is 19.6 Å². The van der Waals surface area contributed by atoms with Crippen LogP contribution >= 0.6 is 11.3 Å². The van der Waals surface area contributed by atoms with Crippen LogP contribution in [-0.2, 0) is 19.5 Å². The van der Waals surface area contributed by atoms with Gasteiger partial charge in [-0.1, -0.05) is 0 Å². The molecule has 7 nitrogen and oxygen atoms in total. The molecule has 0 fully saturated rings. The van der Waals surface area contributed by atoms with E-state index in [1.165, 1.54) is 4.88 Å². The standard InChI is InChI=1S/C19H22N4O3S/c1-11-15(9-23-7-6-14-17(10-23)27-19(20)22-14)21-18(26-11)13-8-12(24-2)4-5-16(13)25-3/h4-5,8H,6-7,9-10H2,1-3H3,(H2,20,22). The predicted molar refractivity (Wildman–Crippen MR) is 104 cm³/mol. The van der Waals surface area contributed by atoms with Gasteiger partial charge in [-0.25, -0.2) is 9.97 Å². The highest BCUT2D eigenvalue weighted by Gasteiger charge is 2.23. The van der Waals surface area contributed by atoms with Gasteiger partial charge in [-0.3, -0.25) is 4.90 Å². The van der Waals surface area contributed by atoms with Crippen LogP contribution in [0.3, 0.4) is 0 Å². The summed E-state index contributed by atoms with van der Waals surface area (Å²) in [6.45, 7) is 4.44. The van der Waals surface area contributed by atoms with Crippen molar-refractivity contribution in [1.29, 1.82) is 0 Å². The van der Waals surface area contributed by atoms with Crippen molar-refractivity contribution in [2.24, 2.45) is 0 Å². The fourth-order valence-electron chi connectivity index (χ4n) is 3.29. The molecule has 1 aliphatic heterocycles. The van der Waals surface area contributed by atoms with E-state index in [-0.39, 0.29) is 0 Å². The van der Waals surface area contributed by atoms with E-state index >= 15 is 0 Å². The number of nitrogens with zero attached hydrogens (tertiary/aromatic N) is 3. The Morgan fingerprint density at radius 1 is 1.26 bits per heavy atom. The number of fused-ring (bicyclic) bond motifs is 1. The van der Waals surface area contributed by atoms with Crippen LogP contribution in [-0.4, -0.2) is 35.6 Å². The second-order valence-electron chi connectivity index (χ2n) is 6.47. The van der Waals surface area contributed by atoms with Gasteiger partial charge in [-0.2, -0.15) is 0 Å². The van der Waals surface area contributed by atoms with Crippen molar-refractivity contribution < 1.29 is 13.9 Å². The molecule has 2 aromatic heterocycles. The van der Waals surface area contributed by atoms with Gasteiger partial charge in [-0.15, -0.1) is 11.3 Å². The molecule has 0 aliphatic carbocycles. The highest BCUT2D eigenvalue weighted by molar-refractivity contribution is 7.15. The maximum atomic E-state index is 5.95. The second-order valence-corrected chi connectivity index (χ2v) is 7.59. The molecule has 1 aromatic carbocycles. The van der Waals surface area contributed by atoms with Gasteiger partial charge in [0.05, 0.1) is 31.2 Å². The molecule has 142 valence electrons. The van der Waals surface area contributed by atoms with Crippen molar-refractivity contribution >= 4 is 16.5 Å².